The summed E-state index contributed by atoms with van der Waals surface area (Å²) in [6.07, 6.45) is 1.83. The minimum atomic E-state index is 0.0600. The van der Waals surface area contributed by atoms with Gasteiger partial charge in [-0.1, -0.05) is 20.8 Å². The van der Waals surface area contributed by atoms with E-state index in [1.807, 2.05) is 19.2 Å². The molecule has 0 fully saturated rings. The second kappa shape index (κ2) is 4.83. The molecule has 0 aliphatic rings. The second-order valence-corrected chi connectivity index (χ2v) is 5.65. The van der Waals surface area contributed by atoms with Crippen LogP contribution in [0.5, 0.6) is 0 Å². The summed E-state index contributed by atoms with van der Waals surface area (Å²) < 4.78 is 0. The number of pyridine rings is 1. The van der Waals surface area contributed by atoms with Crippen molar-refractivity contribution in [2.75, 3.05) is 18.5 Å². The number of hydrogen-bond acceptors (Lipinski definition) is 3. The first-order chi connectivity index (χ1) is 7.29. The summed E-state index contributed by atoms with van der Waals surface area (Å²) in [7, 11) is 2.07. The molecule has 0 aliphatic carbocycles. The quantitative estimate of drug-likeness (QED) is 0.853. The molecule has 2 N–H and O–H groups in total. The van der Waals surface area contributed by atoms with Crippen molar-refractivity contribution in [3.05, 3.63) is 23.9 Å². The molecule has 0 spiro atoms. The zero-order chi connectivity index (χ0) is 12.3. The van der Waals surface area contributed by atoms with Gasteiger partial charge in [0.15, 0.2) is 0 Å². The lowest BCUT2D eigenvalue weighted by atomic mass is 9.96. The van der Waals surface area contributed by atoms with Gasteiger partial charge in [0.2, 0.25) is 0 Å². The molecule has 1 aromatic heterocycles. The van der Waals surface area contributed by atoms with Crippen molar-refractivity contribution in [2.45, 2.75) is 33.7 Å². The molecule has 0 saturated heterocycles. The molecule has 0 radical (unpaired) electrons. The minimum absolute atomic E-state index is 0.0600. The van der Waals surface area contributed by atoms with Gasteiger partial charge in [-0.3, -0.25) is 0 Å². The molecule has 16 heavy (non-hydrogen) atoms. The average Bonchev–Trinajstić information content (AvgIpc) is 2.15. The summed E-state index contributed by atoms with van der Waals surface area (Å²) in [5.74, 6) is 0.990. The van der Waals surface area contributed by atoms with Gasteiger partial charge in [-0.2, -0.15) is 0 Å². The zero-order valence-electron chi connectivity index (χ0n) is 11.0. The monoisotopic (exact) mass is 221 g/mol. The molecule has 3 heteroatoms. The van der Waals surface area contributed by atoms with Crippen LogP contribution in [0.2, 0.25) is 0 Å². The van der Waals surface area contributed by atoms with E-state index in [0.29, 0.717) is 0 Å². The van der Waals surface area contributed by atoms with E-state index in [-0.39, 0.29) is 11.5 Å². The van der Waals surface area contributed by atoms with E-state index in [9.17, 15) is 0 Å². The predicted octanol–water partition coefficient (Wildman–Crippen LogP) is 2.58. The van der Waals surface area contributed by atoms with Gasteiger partial charge in [0, 0.05) is 25.8 Å². The Bertz CT molecular complexity index is 339. The van der Waals surface area contributed by atoms with Crippen molar-refractivity contribution in [3.63, 3.8) is 0 Å². The molecule has 1 atom stereocenters. The van der Waals surface area contributed by atoms with Crippen molar-refractivity contribution >= 4 is 5.82 Å². The van der Waals surface area contributed by atoms with Crippen molar-refractivity contribution in [1.82, 2.24) is 4.98 Å². The Balaban J connectivity index is 2.83. The lowest BCUT2D eigenvalue weighted by Crippen LogP contribution is -2.29. The number of rotatable bonds is 3. The highest BCUT2D eigenvalue weighted by molar-refractivity contribution is 5.41. The van der Waals surface area contributed by atoms with Crippen LogP contribution in [0.25, 0.3) is 0 Å². The molecule has 0 bridgehead atoms. The molecule has 1 aromatic rings. The molecule has 0 aliphatic heterocycles. The van der Waals surface area contributed by atoms with Crippen molar-refractivity contribution in [2.24, 2.45) is 11.1 Å². The van der Waals surface area contributed by atoms with E-state index in [2.05, 4.69) is 43.8 Å². The fraction of sp³-hybridized carbons (Fsp3) is 0.615. The largest absolute Gasteiger partial charge is 0.359 e. The van der Waals surface area contributed by atoms with Crippen LogP contribution < -0.4 is 10.6 Å². The number of anilines is 1. The summed E-state index contributed by atoms with van der Waals surface area (Å²) in [6, 6.07) is 4.10. The lowest BCUT2D eigenvalue weighted by molar-refractivity contribution is 0.418. The van der Waals surface area contributed by atoms with Gasteiger partial charge in [0.25, 0.3) is 0 Å². The SMILES string of the molecule is CC(N)c1ccnc(N(C)CC(C)(C)C)c1. The topological polar surface area (TPSA) is 42.1 Å². The van der Waals surface area contributed by atoms with Crippen LogP contribution in [0.3, 0.4) is 0 Å². The van der Waals surface area contributed by atoms with E-state index in [4.69, 9.17) is 5.73 Å². The Kier molecular flexibility index (Phi) is 3.92. The van der Waals surface area contributed by atoms with E-state index in [1.165, 1.54) is 0 Å². The maximum atomic E-state index is 5.86. The first-order valence-corrected chi connectivity index (χ1v) is 5.72. The summed E-state index contributed by atoms with van der Waals surface area (Å²) in [6.45, 7) is 9.63. The highest BCUT2D eigenvalue weighted by Gasteiger charge is 2.15. The van der Waals surface area contributed by atoms with Crippen LogP contribution in [0.1, 0.15) is 39.3 Å². The Morgan fingerprint density at radius 2 is 2.06 bits per heavy atom. The second-order valence-electron chi connectivity index (χ2n) is 5.65. The molecule has 1 heterocycles. The third-order valence-electron chi connectivity index (χ3n) is 2.40. The Morgan fingerprint density at radius 3 is 2.56 bits per heavy atom. The predicted molar refractivity (Wildman–Crippen MR) is 69.6 cm³/mol. The van der Waals surface area contributed by atoms with Crippen LogP contribution in [0.4, 0.5) is 5.82 Å². The maximum absolute atomic E-state index is 5.86. The third-order valence-corrected chi connectivity index (χ3v) is 2.40. The zero-order valence-corrected chi connectivity index (χ0v) is 11.0. The Labute approximate surface area is 98.7 Å². The maximum Gasteiger partial charge on any atom is 0.128 e. The third kappa shape index (κ3) is 3.81. The Morgan fingerprint density at radius 1 is 1.44 bits per heavy atom. The molecule has 1 unspecified atom stereocenters. The van der Waals surface area contributed by atoms with Gasteiger partial charge in [-0.05, 0) is 30.0 Å². The summed E-state index contributed by atoms with van der Waals surface area (Å²) in [4.78, 5) is 6.55. The number of aromatic nitrogens is 1. The van der Waals surface area contributed by atoms with E-state index >= 15 is 0 Å². The van der Waals surface area contributed by atoms with Gasteiger partial charge < -0.3 is 10.6 Å². The lowest BCUT2D eigenvalue weighted by Gasteiger charge is -2.27. The van der Waals surface area contributed by atoms with Crippen LogP contribution in [0, 0.1) is 5.41 Å². The van der Waals surface area contributed by atoms with Gasteiger partial charge in [0.1, 0.15) is 5.82 Å². The van der Waals surface area contributed by atoms with Crippen LogP contribution in [-0.4, -0.2) is 18.6 Å². The fourth-order valence-electron chi connectivity index (χ4n) is 1.72. The molecule has 3 nitrogen and oxygen atoms in total. The number of hydrogen-bond donors (Lipinski definition) is 1. The van der Waals surface area contributed by atoms with Crippen LogP contribution in [0.15, 0.2) is 18.3 Å². The minimum Gasteiger partial charge on any atom is -0.359 e. The van der Waals surface area contributed by atoms with Gasteiger partial charge in [-0.25, -0.2) is 4.98 Å². The van der Waals surface area contributed by atoms with Gasteiger partial charge >= 0.3 is 0 Å². The first-order valence-electron chi connectivity index (χ1n) is 5.72. The molecule has 0 aromatic carbocycles. The van der Waals surface area contributed by atoms with E-state index in [0.717, 1.165) is 17.9 Å². The molecule has 0 saturated carbocycles. The van der Waals surface area contributed by atoms with E-state index < -0.39 is 0 Å². The van der Waals surface area contributed by atoms with Gasteiger partial charge in [0.05, 0.1) is 0 Å². The highest BCUT2D eigenvalue weighted by atomic mass is 15.2. The van der Waals surface area contributed by atoms with Crippen LogP contribution >= 0.6 is 0 Å². The Hall–Kier alpha value is -1.09. The van der Waals surface area contributed by atoms with Gasteiger partial charge in [-0.15, -0.1) is 0 Å². The molecule has 0 amide bonds. The van der Waals surface area contributed by atoms with E-state index in [1.54, 1.807) is 0 Å². The summed E-state index contributed by atoms with van der Waals surface area (Å²) in [5.41, 5.74) is 7.26. The van der Waals surface area contributed by atoms with Crippen molar-refractivity contribution in [3.8, 4) is 0 Å². The smallest absolute Gasteiger partial charge is 0.128 e. The number of nitrogens with zero attached hydrogens (tertiary/aromatic N) is 2. The van der Waals surface area contributed by atoms with Crippen LogP contribution in [-0.2, 0) is 0 Å². The highest BCUT2D eigenvalue weighted by Crippen LogP contribution is 2.20. The summed E-state index contributed by atoms with van der Waals surface area (Å²) >= 11 is 0. The average molecular weight is 221 g/mol. The summed E-state index contributed by atoms with van der Waals surface area (Å²) in [5, 5.41) is 0. The molecular weight excluding hydrogens is 198 g/mol. The molecular formula is C13H23N3. The number of nitrogens with two attached hydrogens (primary N) is 1. The normalized spacial score (nSPS) is 13.6. The first kappa shape index (κ1) is 13.0. The molecule has 90 valence electrons. The fourth-order valence-corrected chi connectivity index (χ4v) is 1.72. The standard InChI is InChI=1S/C13H23N3/c1-10(14)11-6-7-15-12(8-11)16(5)9-13(2,3)4/h6-8,10H,9,14H2,1-5H3. The molecule has 1 rings (SSSR count). The van der Waals surface area contributed by atoms with Crippen molar-refractivity contribution in [1.29, 1.82) is 0 Å². The van der Waals surface area contributed by atoms with Crippen molar-refractivity contribution < 1.29 is 0 Å².